The van der Waals surface area contributed by atoms with E-state index < -0.39 is 34.5 Å². The lowest BCUT2D eigenvalue weighted by Gasteiger charge is -2.22. The van der Waals surface area contributed by atoms with Crippen LogP contribution in [0.1, 0.15) is 49.3 Å². The lowest BCUT2D eigenvalue weighted by atomic mass is 10.0. The zero-order chi connectivity index (χ0) is 20.2. The molecule has 27 heavy (non-hydrogen) atoms. The van der Waals surface area contributed by atoms with Crippen molar-refractivity contribution < 1.29 is 31.7 Å². The molecule has 0 saturated carbocycles. The van der Waals surface area contributed by atoms with E-state index in [1.54, 1.807) is 0 Å². The molecule has 0 aliphatic carbocycles. The van der Waals surface area contributed by atoms with Crippen LogP contribution in [-0.4, -0.2) is 52.8 Å². The molecule has 0 spiro atoms. The number of hydrogen-bond acceptors (Lipinski definition) is 9. The first-order chi connectivity index (χ1) is 12.6. The van der Waals surface area contributed by atoms with Crippen molar-refractivity contribution in [3.05, 3.63) is 17.5 Å². The summed E-state index contributed by atoms with van der Waals surface area (Å²) in [5.41, 5.74) is 11.5. The van der Waals surface area contributed by atoms with Crippen LogP contribution in [0.5, 0.6) is 0 Å². The fourth-order valence-electron chi connectivity index (χ4n) is 2.65. The molecule has 1 aliphatic rings. The molecule has 2 rings (SSSR count). The van der Waals surface area contributed by atoms with Crippen molar-refractivity contribution in [1.82, 2.24) is 15.5 Å². The second kappa shape index (κ2) is 8.62. The number of aliphatic hydroxyl groups excluding tert-OH is 1. The maximum Gasteiger partial charge on any atom is 0.418 e. The Balaban J connectivity index is 1.91. The molecule has 0 aromatic carbocycles. The first kappa shape index (κ1) is 21.0. The number of nitrogens with zero attached hydrogens (tertiary/aromatic N) is 2. The van der Waals surface area contributed by atoms with Gasteiger partial charge in [-0.3, -0.25) is 14.8 Å². The van der Waals surface area contributed by atoms with Gasteiger partial charge in [-0.05, 0) is 19.3 Å². The van der Waals surface area contributed by atoms with Gasteiger partial charge in [0.15, 0.2) is 11.7 Å². The zero-order valence-electron chi connectivity index (χ0n) is 14.2. The third-order valence-electron chi connectivity index (χ3n) is 4.00. The van der Waals surface area contributed by atoms with Gasteiger partial charge < -0.3 is 26.4 Å². The molecule has 1 aromatic heterocycles. The predicted octanol–water partition coefficient (Wildman–Crippen LogP) is -1.30. The largest absolute Gasteiger partial charge is 0.418 e. The quantitative estimate of drug-likeness (QED) is 0.161. The van der Waals surface area contributed by atoms with Crippen molar-refractivity contribution in [1.29, 1.82) is 5.41 Å². The zero-order valence-corrected chi connectivity index (χ0v) is 15.1. The minimum atomic E-state index is -4.79. The van der Waals surface area contributed by atoms with Gasteiger partial charge in [-0.1, -0.05) is 5.16 Å². The van der Waals surface area contributed by atoms with Gasteiger partial charge in [0.25, 0.3) is 0 Å². The Bertz CT molecular complexity index is 782. The summed E-state index contributed by atoms with van der Waals surface area (Å²) in [5, 5.41) is 23.8. The highest BCUT2D eigenvalue weighted by Gasteiger charge is 2.35. The van der Waals surface area contributed by atoms with Gasteiger partial charge in [-0.15, -0.1) is 4.28 Å². The first-order valence-corrected chi connectivity index (χ1v) is 9.40. The molecule has 13 nitrogen and oxygen atoms in total. The van der Waals surface area contributed by atoms with E-state index in [2.05, 4.69) is 14.8 Å². The molecule has 3 atom stereocenters. The maximum absolute atomic E-state index is 11.7. The van der Waals surface area contributed by atoms with Gasteiger partial charge in [0.2, 0.25) is 5.91 Å². The Morgan fingerprint density at radius 1 is 1.59 bits per heavy atom. The summed E-state index contributed by atoms with van der Waals surface area (Å²) in [5.74, 6) is -0.703. The number of nitrogens with one attached hydrogen (secondary N) is 2. The molecule has 0 bridgehead atoms. The fraction of sp³-hybridized carbons (Fsp3) is 0.615. The third kappa shape index (κ3) is 6.14. The summed E-state index contributed by atoms with van der Waals surface area (Å²) < 4.78 is 39.8. The van der Waals surface area contributed by atoms with Gasteiger partial charge in [-0.25, -0.2) is 0 Å². The van der Waals surface area contributed by atoms with Crippen LogP contribution in [-0.2, 0) is 19.5 Å². The van der Waals surface area contributed by atoms with Gasteiger partial charge in [0.05, 0.1) is 18.6 Å². The summed E-state index contributed by atoms with van der Waals surface area (Å²) in [4.78, 5) is 11.7. The summed E-state index contributed by atoms with van der Waals surface area (Å²) in [6.45, 7) is -0.0364. The van der Waals surface area contributed by atoms with Crippen LogP contribution < -0.4 is 16.8 Å². The Hall–Kier alpha value is -2.26. The smallest absolute Gasteiger partial charge is 0.383 e. The van der Waals surface area contributed by atoms with Crippen LogP contribution in [0.4, 0.5) is 0 Å². The Morgan fingerprint density at radius 3 is 2.93 bits per heavy atom. The Kier molecular flexibility index (Phi) is 6.72. The second-order valence-electron chi connectivity index (χ2n) is 6.06. The number of aliphatic hydroxyl groups is 1. The van der Waals surface area contributed by atoms with Gasteiger partial charge in [-0.2, -0.15) is 13.5 Å². The number of amides is 1. The first-order valence-electron chi connectivity index (χ1n) is 8.04. The topological polar surface area (TPSA) is 218 Å². The Morgan fingerprint density at radius 2 is 2.30 bits per heavy atom. The molecular weight excluding hydrogens is 384 g/mol. The molecule has 0 unspecified atom stereocenters. The number of nitrogens with two attached hydrogens (primary N) is 2. The molecule has 1 saturated heterocycles. The molecular formula is C13H22N6O7S. The van der Waals surface area contributed by atoms with E-state index in [9.17, 15) is 18.3 Å². The average Bonchev–Trinajstić information content (AvgIpc) is 3.18. The third-order valence-corrected chi connectivity index (χ3v) is 4.34. The maximum atomic E-state index is 11.7. The Labute approximate surface area is 155 Å². The van der Waals surface area contributed by atoms with Crippen molar-refractivity contribution >= 4 is 22.3 Å². The molecule has 152 valence electrons. The lowest BCUT2D eigenvalue weighted by Crippen LogP contribution is -2.35. The predicted molar refractivity (Wildman–Crippen MR) is 90.0 cm³/mol. The number of rotatable bonds is 9. The van der Waals surface area contributed by atoms with Crippen LogP contribution in [0.15, 0.2) is 10.6 Å². The molecule has 1 amide bonds. The van der Waals surface area contributed by atoms with Gasteiger partial charge in [0, 0.05) is 12.5 Å². The van der Waals surface area contributed by atoms with Crippen molar-refractivity contribution in [2.45, 2.75) is 43.9 Å². The summed E-state index contributed by atoms with van der Waals surface area (Å²) in [7, 11) is -4.79. The number of hydrogen-bond donors (Lipinski definition) is 6. The molecule has 14 heteroatoms. The van der Waals surface area contributed by atoms with E-state index in [0.717, 1.165) is 0 Å². The number of carbonyl (C=O) groups excluding carboxylic acids is 1. The summed E-state index contributed by atoms with van der Waals surface area (Å²) >= 11 is 0. The van der Waals surface area contributed by atoms with E-state index >= 15 is 0 Å². The lowest BCUT2D eigenvalue weighted by molar-refractivity contribution is -0.157. The molecule has 1 aromatic rings. The van der Waals surface area contributed by atoms with Crippen molar-refractivity contribution in [2.24, 2.45) is 11.5 Å². The van der Waals surface area contributed by atoms with Gasteiger partial charge in [0.1, 0.15) is 11.8 Å². The highest BCUT2D eigenvalue weighted by atomic mass is 32.3. The van der Waals surface area contributed by atoms with E-state index in [1.807, 2.05) is 0 Å². The van der Waals surface area contributed by atoms with Crippen LogP contribution >= 0.6 is 0 Å². The minimum Gasteiger partial charge on any atom is -0.383 e. The number of hydroxylamine groups is 2. The van der Waals surface area contributed by atoms with Crippen molar-refractivity contribution in [3.63, 3.8) is 0 Å². The number of aromatic nitrogens is 1. The van der Waals surface area contributed by atoms with E-state index in [-0.39, 0.29) is 24.7 Å². The summed E-state index contributed by atoms with van der Waals surface area (Å²) in [6, 6.07) is 0.310. The SMILES string of the molecule is N=C(N)NC[C@H](O)c1cc([C@@H](N)CC[C@@H]2CCC(=O)N2OS(=O)(=O)O)no1. The van der Waals surface area contributed by atoms with E-state index in [0.29, 0.717) is 30.0 Å². The highest BCUT2D eigenvalue weighted by molar-refractivity contribution is 7.80. The summed E-state index contributed by atoms with van der Waals surface area (Å²) in [6.07, 6.45) is 0.00342. The standard InChI is InChI=1S/C13H22N6O7S/c14-8(9-5-11(25-18-9)10(20)6-17-13(15)16)3-1-7-2-4-12(21)19(7)26-27(22,23)24/h5,7-8,10,20H,1-4,6,14H2,(H4,15,16,17)(H,22,23,24)/t7-,8+,10+/m1/s1. The normalized spacial score (nSPS) is 19.9. The molecule has 2 heterocycles. The molecule has 0 radical (unpaired) electrons. The van der Waals surface area contributed by atoms with Crippen molar-refractivity contribution in [2.75, 3.05) is 6.54 Å². The van der Waals surface area contributed by atoms with E-state index in [1.165, 1.54) is 6.07 Å². The minimum absolute atomic E-state index is 0.0364. The molecule has 8 N–H and O–H groups in total. The number of guanidine groups is 1. The average molecular weight is 406 g/mol. The monoisotopic (exact) mass is 406 g/mol. The molecule has 1 fully saturated rings. The fourth-order valence-corrected chi connectivity index (χ4v) is 3.06. The van der Waals surface area contributed by atoms with E-state index in [4.69, 9.17) is 26.0 Å². The van der Waals surface area contributed by atoms with Gasteiger partial charge >= 0.3 is 10.4 Å². The molecule has 1 aliphatic heterocycles. The second-order valence-corrected chi connectivity index (χ2v) is 7.07. The van der Waals surface area contributed by atoms with Crippen LogP contribution in [0.25, 0.3) is 0 Å². The van der Waals surface area contributed by atoms with Crippen molar-refractivity contribution in [3.8, 4) is 0 Å². The van der Waals surface area contributed by atoms with Crippen LogP contribution in [0.2, 0.25) is 0 Å². The van der Waals surface area contributed by atoms with Crippen LogP contribution in [0.3, 0.4) is 0 Å². The highest BCUT2D eigenvalue weighted by Crippen LogP contribution is 2.27. The number of carbonyl (C=O) groups is 1. The van der Waals surface area contributed by atoms with Crippen LogP contribution in [0, 0.1) is 5.41 Å².